The summed E-state index contributed by atoms with van der Waals surface area (Å²) in [5.41, 5.74) is 2.13. The quantitative estimate of drug-likeness (QED) is 0.540. The molecule has 0 amide bonds. The van der Waals surface area contributed by atoms with Crippen molar-refractivity contribution in [3.63, 3.8) is 0 Å². The zero-order valence-electron chi connectivity index (χ0n) is 16.8. The normalized spacial score (nSPS) is 15.8. The van der Waals surface area contributed by atoms with E-state index in [0.29, 0.717) is 30.3 Å². The highest BCUT2D eigenvalue weighted by molar-refractivity contribution is 5.83. The topological polar surface area (TPSA) is 109 Å². The van der Waals surface area contributed by atoms with Gasteiger partial charge in [0.15, 0.2) is 11.5 Å². The molecule has 1 fully saturated rings. The molecule has 1 saturated carbocycles. The highest BCUT2D eigenvalue weighted by Gasteiger charge is 2.24. The second kappa shape index (κ2) is 8.73. The average Bonchev–Trinajstić information content (AvgIpc) is 3.41. The van der Waals surface area contributed by atoms with E-state index in [1.54, 1.807) is 17.0 Å². The van der Waals surface area contributed by atoms with Gasteiger partial charge in [0.25, 0.3) is 0 Å². The first-order valence-corrected chi connectivity index (χ1v) is 10.5. The van der Waals surface area contributed by atoms with E-state index in [1.165, 1.54) is 12.8 Å². The standard InChI is InChI=1S/C21H28N6O2/c1-2-11-27-20-17(24-18(25-20)15-5-3-4-6-15)19(26-21(27)29)23-16(13-28)12-14-7-9-22-10-8-14/h7-10,15-16,28H,2-6,11-13H2,1H3,(H,24,25)(H,23,26,29)/t16-/m0/s1. The lowest BCUT2D eigenvalue weighted by Gasteiger charge is -2.17. The van der Waals surface area contributed by atoms with Crippen LogP contribution in [0.3, 0.4) is 0 Å². The maximum atomic E-state index is 12.7. The maximum absolute atomic E-state index is 12.7. The predicted octanol–water partition coefficient (Wildman–Crippen LogP) is 2.60. The lowest BCUT2D eigenvalue weighted by Crippen LogP contribution is -2.30. The van der Waals surface area contributed by atoms with Gasteiger partial charge >= 0.3 is 5.69 Å². The Morgan fingerprint density at radius 2 is 2.03 bits per heavy atom. The van der Waals surface area contributed by atoms with Crippen molar-refractivity contribution in [2.45, 2.75) is 64.0 Å². The van der Waals surface area contributed by atoms with Gasteiger partial charge in [0, 0.05) is 24.9 Å². The first-order valence-electron chi connectivity index (χ1n) is 10.5. The van der Waals surface area contributed by atoms with Gasteiger partial charge in [-0.3, -0.25) is 9.55 Å². The van der Waals surface area contributed by atoms with Crippen molar-refractivity contribution >= 4 is 17.0 Å². The molecule has 0 bridgehead atoms. The Morgan fingerprint density at radius 3 is 2.72 bits per heavy atom. The van der Waals surface area contributed by atoms with E-state index >= 15 is 0 Å². The molecule has 0 unspecified atom stereocenters. The number of nitrogens with zero attached hydrogens (tertiary/aromatic N) is 4. The summed E-state index contributed by atoms with van der Waals surface area (Å²) in [6.07, 6.45) is 9.56. The molecule has 0 spiro atoms. The fraction of sp³-hybridized carbons (Fsp3) is 0.524. The number of pyridine rings is 1. The number of aliphatic hydroxyl groups excluding tert-OH is 1. The molecule has 8 nitrogen and oxygen atoms in total. The summed E-state index contributed by atoms with van der Waals surface area (Å²) in [4.78, 5) is 29.3. The van der Waals surface area contributed by atoms with Crippen LogP contribution in [0.1, 0.15) is 56.3 Å². The molecule has 8 heteroatoms. The number of H-pyrrole nitrogens is 1. The van der Waals surface area contributed by atoms with E-state index in [9.17, 15) is 9.90 Å². The van der Waals surface area contributed by atoms with E-state index in [-0.39, 0.29) is 18.3 Å². The third-order valence-electron chi connectivity index (χ3n) is 5.62. The van der Waals surface area contributed by atoms with E-state index in [4.69, 9.17) is 4.98 Å². The fourth-order valence-electron chi connectivity index (χ4n) is 4.12. The molecule has 1 atom stereocenters. The van der Waals surface area contributed by atoms with Gasteiger partial charge in [-0.1, -0.05) is 19.8 Å². The number of hydrogen-bond acceptors (Lipinski definition) is 6. The molecule has 3 heterocycles. The van der Waals surface area contributed by atoms with Crippen LogP contribution in [0.2, 0.25) is 0 Å². The lowest BCUT2D eigenvalue weighted by atomic mass is 10.1. The van der Waals surface area contributed by atoms with Crippen molar-refractivity contribution in [3.8, 4) is 0 Å². The molecule has 1 aliphatic rings. The number of aryl methyl sites for hydroxylation is 1. The average molecular weight is 396 g/mol. The van der Waals surface area contributed by atoms with Crippen molar-refractivity contribution in [2.24, 2.45) is 0 Å². The number of fused-ring (bicyclic) bond motifs is 1. The third-order valence-corrected chi connectivity index (χ3v) is 5.62. The van der Waals surface area contributed by atoms with Crippen molar-refractivity contribution in [1.29, 1.82) is 0 Å². The van der Waals surface area contributed by atoms with Crippen LogP contribution in [0.5, 0.6) is 0 Å². The van der Waals surface area contributed by atoms with Gasteiger partial charge in [0.05, 0.1) is 12.6 Å². The summed E-state index contributed by atoms with van der Waals surface area (Å²) in [7, 11) is 0. The Labute approximate surface area is 169 Å². The van der Waals surface area contributed by atoms with Crippen LogP contribution in [0.15, 0.2) is 29.3 Å². The van der Waals surface area contributed by atoms with Gasteiger partial charge in [-0.25, -0.2) is 9.78 Å². The van der Waals surface area contributed by atoms with Crippen molar-refractivity contribution in [1.82, 2.24) is 24.5 Å². The van der Waals surface area contributed by atoms with Crippen LogP contribution >= 0.6 is 0 Å². The van der Waals surface area contributed by atoms with Gasteiger partial charge in [0.2, 0.25) is 0 Å². The smallest absolute Gasteiger partial charge is 0.351 e. The van der Waals surface area contributed by atoms with E-state index < -0.39 is 0 Å². The lowest BCUT2D eigenvalue weighted by molar-refractivity contribution is 0.273. The number of aromatic amines is 1. The number of hydrogen-bond donors (Lipinski definition) is 3. The monoisotopic (exact) mass is 396 g/mol. The minimum atomic E-state index is -0.313. The van der Waals surface area contributed by atoms with Gasteiger partial charge in [-0.2, -0.15) is 4.98 Å². The molecule has 0 aromatic carbocycles. The van der Waals surface area contributed by atoms with Crippen LogP contribution < -0.4 is 11.0 Å². The number of imidazole rings is 1. The molecule has 154 valence electrons. The Hall–Kier alpha value is -2.74. The molecular weight excluding hydrogens is 368 g/mol. The van der Waals surface area contributed by atoms with Gasteiger partial charge in [0.1, 0.15) is 11.3 Å². The Bertz CT molecular complexity index is 1010. The second-order valence-corrected chi connectivity index (χ2v) is 7.78. The SMILES string of the molecule is CCCn1c(=O)nc(N[C@H](CO)Cc2ccncc2)c2[nH]c(C3CCCC3)nc21. The summed E-state index contributed by atoms with van der Waals surface area (Å²) in [6.45, 7) is 2.54. The van der Waals surface area contributed by atoms with Crippen molar-refractivity contribution in [2.75, 3.05) is 11.9 Å². The Balaban J connectivity index is 1.70. The Morgan fingerprint density at radius 1 is 1.28 bits per heavy atom. The number of aliphatic hydroxyl groups is 1. The molecule has 0 aliphatic heterocycles. The number of aromatic nitrogens is 5. The molecule has 29 heavy (non-hydrogen) atoms. The van der Waals surface area contributed by atoms with Gasteiger partial charge in [-0.05, 0) is 43.4 Å². The first kappa shape index (κ1) is 19.6. The highest BCUT2D eigenvalue weighted by atomic mass is 16.3. The van der Waals surface area contributed by atoms with Crippen molar-refractivity contribution in [3.05, 3.63) is 46.4 Å². The number of nitrogens with one attached hydrogen (secondary N) is 2. The van der Waals surface area contributed by atoms with Crippen LogP contribution in [0.25, 0.3) is 11.2 Å². The predicted molar refractivity (Wildman–Crippen MR) is 112 cm³/mol. The molecular formula is C21H28N6O2. The molecule has 1 aliphatic carbocycles. The van der Waals surface area contributed by atoms with E-state index in [0.717, 1.165) is 36.2 Å². The van der Waals surface area contributed by atoms with Crippen molar-refractivity contribution < 1.29 is 5.11 Å². The minimum absolute atomic E-state index is 0.0762. The first-order chi connectivity index (χ1) is 14.2. The van der Waals surface area contributed by atoms with Crippen LogP contribution in [-0.4, -0.2) is 42.3 Å². The fourth-order valence-corrected chi connectivity index (χ4v) is 4.12. The molecule has 0 radical (unpaired) electrons. The van der Waals surface area contributed by atoms with E-state index in [2.05, 4.69) is 20.3 Å². The van der Waals surface area contributed by atoms with Crippen LogP contribution in [0.4, 0.5) is 5.82 Å². The summed E-state index contributed by atoms with van der Waals surface area (Å²) < 4.78 is 1.65. The summed E-state index contributed by atoms with van der Waals surface area (Å²) in [6, 6.07) is 3.56. The van der Waals surface area contributed by atoms with Crippen LogP contribution in [0, 0.1) is 0 Å². The van der Waals surface area contributed by atoms with E-state index in [1.807, 2.05) is 19.1 Å². The molecule has 3 N–H and O–H groups in total. The van der Waals surface area contributed by atoms with Gasteiger partial charge in [-0.15, -0.1) is 0 Å². The Kier molecular flexibility index (Phi) is 5.89. The summed E-state index contributed by atoms with van der Waals surface area (Å²) >= 11 is 0. The summed E-state index contributed by atoms with van der Waals surface area (Å²) in [5, 5.41) is 13.2. The van der Waals surface area contributed by atoms with Gasteiger partial charge < -0.3 is 15.4 Å². The molecule has 0 saturated heterocycles. The maximum Gasteiger partial charge on any atom is 0.351 e. The minimum Gasteiger partial charge on any atom is -0.394 e. The molecule has 3 aromatic rings. The second-order valence-electron chi connectivity index (χ2n) is 7.78. The molecule has 4 rings (SSSR count). The molecule has 3 aromatic heterocycles. The van der Waals surface area contributed by atoms with Crippen LogP contribution in [-0.2, 0) is 13.0 Å². The zero-order chi connectivity index (χ0) is 20.2. The number of rotatable bonds is 8. The zero-order valence-corrected chi connectivity index (χ0v) is 16.8. The largest absolute Gasteiger partial charge is 0.394 e. The third kappa shape index (κ3) is 4.17. The summed E-state index contributed by atoms with van der Waals surface area (Å²) in [5.74, 6) is 1.81. The highest BCUT2D eigenvalue weighted by Crippen LogP contribution is 2.34. The number of anilines is 1.